The zero-order chi connectivity index (χ0) is 14.5. The van der Waals surface area contributed by atoms with E-state index in [-0.39, 0.29) is 5.92 Å². The van der Waals surface area contributed by atoms with Gasteiger partial charge in [-0.25, -0.2) is 0 Å². The van der Waals surface area contributed by atoms with Crippen molar-refractivity contribution in [3.63, 3.8) is 0 Å². The normalized spacial score (nSPS) is 21.4. The van der Waals surface area contributed by atoms with E-state index < -0.39 is 0 Å². The highest BCUT2D eigenvalue weighted by molar-refractivity contribution is 5.79. The van der Waals surface area contributed by atoms with Crippen LogP contribution in [-0.4, -0.2) is 60.1 Å². The molecule has 0 N–H and O–H groups in total. The predicted octanol–water partition coefficient (Wildman–Crippen LogP) is 1.15. The molecular weight excluding hydrogens is 266 g/mol. The summed E-state index contributed by atoms with van der Waals surface area (Å²) in [5, 5.41) is 0. The topological polar surface area (TPSA) is 45.7 Å². The number of amides is 1. The highest BCUT2D eigenvalue weighted by Gasteiger charge is 2.29. The standard InChI is InChI=1S/C16H23N3O2/c20-16(19-9-11-21-12-10-19)14-4-7-18(8-5-14)13-15-3-1-2-6-17-15/h1-3,6,14H,4-5,7-13H2. The molecule has 3 heterocycles. The van der Waals surface area contributed by atoms with Crippen molar-refractivity contribution in [2.24, 2.45) is 5.92 Å². The Morgan fingerprint density at radius 2 is 1.95 bits per heavy atom. The minimum Gasteiger partial charge on any atom is -0.378 e. The molecule has 21 heavy (non-hydrogen) atoms. The summed E-state index contributed by atoms with van der Waals surface area (Å²) in [5.74, 6) is 0.527. The summed E-state index contributed by atoms with van der Waals surface area (Å²) in [6.45, 7) is 5.74. The fraction of sp³-hybridized carbons (Fsp3) is 0.625. The van der Waals surface area contributed by atoms with Gasteiger partial charge in [0, 0.05) is 31.7 Å². The summed E-state index contributed by atoms with van der Waals surface area (Å²) >= 11 is 0. The second-order valence-corrected chi connectivity index (χ2v) is 5.81. The first kappa shape index (κ1) is 14.5. The lowest BCUT2D eigenvalue weighted by Gasteiger charge is -2.35. The number of piperidine rings is 1. The number of morpholine rings is 1. The Morgan fingerprint density at radius 1 is 1.19 bits per heavy atom. The third-order valence-corrected chi connectivity index (χ3v) is 4.37. The summed E-state index contributed by atoms with van der Waals surface area (Å²) in [5.41, 5.74) is 1.11. The number of hydrogen-bond donors (Lipinski definition) is 0. The minimum absolute atomic E-state index is 0.197. The van der Waals surface area contributed by atoms with Crippen LogP contribution in [0.5, 0.6) is 0 Å². The molecule has 0 aliphatic carbocycles. The van der Waals surface area contributed by atoms with E-state index in [1.54, 1.807) is 0 Å². The Morgan fingerprint density at radius 3 is 2.62 bits per heavy atom. The van der Waals surface area contributed by atoms with Gasteiger partial charge < -0.3 is 9.64 Å². The van der Waals surface area contributed by atoms with Crippen molar-refractivity contribution < 1.29 is 9.53 Å². The van der Waals surface area contributed by atoms with E-state index in [0.29, 0.717) is 19.1 Å². The molecule has 0 aromatic carbocycles. The van der Waals surface area contributed by atoms with E-state index in [4.69, 9.17) is 4.74 Å². The Bertz CT molecular complexity index is 452. The quantitative estimate of drug-likeness (QED) is 0.837. The maximum atomic E-state index is 12.5. The Hall–Kier alpha value is -1.46. The molecule has 0 radical (unpaired) electrons. The van der Waals surface area contributed by atoms with Crippen LogP contribution in [0.1, 0.15) is 18.5 Å². The van der Waals surface area contributed by atoms with Crippen molar-refractivity contribution >= 4 is 5.91 Å². The van der Waals surface area contributed by atoms with Gasteiger partial charge in [-0.3, -0.25) is 14.7 Å². The first-order valence-corrected chi connectivity index (χ1v) is 7.82. The molecule has 3 rings (SSSR count). The average molecular weight is 289 g/mol. The van der Waals surface area contributed by atoms with Crippen LogP contribution in [0.15, 0.2) is 24.4 Å². The van der Waals surface area contributed by atoms with E-state index >= 15 is 0 Å². The lowest BCUT2D eigenvalue weighted by molar-refractivity contribution is -0.141. The fourth-order valence-corrected chi connectivity index (χ4v) is 3.10. The minimum atomic E-state index is 0.197. The van der Waals surface area contributed by atoms with Crippen LogP contribution < -0.4 is 0 Å². The lowest BCUT2D eigenvalue weighted by atomic mass is 9.95. The summed E-state index contributed by atoms with van der Waals surface area (Å²) in [7, 11) is 0. The van der Waals surface area contributed by atoms with Crippen molar-refractivity contribution in [2.75, 3.05) is 39.4 Å². The van der Waals surface area contributed by atoms with Crippen molar-refractivity contribution in [2.45, 2.75) is 19.4 Å². The highest BCUT2D eigenvalue weighted by Crippen LogP contribution is 2.21. The Balaban J connectivity index is 1.47. The molecule has 0 atom stereocenters. The van der Waals surface area contributed by atoms with Crippen LogP contribution in [-0.2, 0) is 16.1 Å². The van der Waals surface area contributed by atoms with Gasteiger partial charge in [0.05, 0.1) is 18.9 Å². The van der Waals surface area contributed by atoms with Gasteiger partial charge in [-0.15, -0.1) is 0 Å². The van der Waals surface area contributed by atoms with Gasteiger partial charge in [-0.1, -0.05) is 6.07 Å². The van der Waals surface area contributed by atoms with Crippen LogP contribution in [0.3, 0.4) is 0 Å². The number of likely N-dealkylation sites (tertiary alicyclic amines) is 1. The molecule has 0 unspecified atom stereocenters. The van der Waals surface area contributed by atoms with Crippen LogP contribution in [0.25, 0.3) is 0 Å². The van der Waals surface area contributed by atoms with Crippen molar-refractivity contribution in [1.29, 1.82) is 0 Å². The molecule has 114 valence electrons. The van der Waals surface area contributed by atoms with Gasteiger partial charge in [0.2, 0.25) is 5.91 Å². The number of pyridine rings is 1. The molecule has 1 aromatic heterocycles. The SMILES string of the molecule is O=C(C1CCN(Cc2ccccn2)CC1)N1CCOCC1. The Labute approximate surface area is 125 Å². The van der Waals surface area contributed by atoms with Crippen molar-refractivity contribution in [3.05, 3.63) is 30.1 Å². The van der Waals surface area contributed by atoms with E-state index in [1.165, 1.54) is 0 Å². The molecular formula is C16H23N3O2. The van der Waals surface area contributed by atoms with Crippen molar-refractivity contribution in [3.8, 4) is 0 Å². The second kappa shape index (κ2) is 7.00. The number of rotatable bonds is 3. The van der Waals surface area contributed by atoms with Gasteiger partial charge in [-0.05, 0) is 38.1 Å². The Kier molecular flexibility index (Phi) is 4.83. The molecule has 1 aromatic rings. The highest BCUT2D eigenvalue weighted by atomic mass is 16.5. The number of ether oxygens (including phenoxy) is 1. The third kappa shape index (κ3) is 3.80. The lowest BCUT2D eigenvalue weighted by Crippen LogP contribution is -2.46. The van der Waals surface area contributed by atoms with E-state index in [1.807, 2.05) is 23.2 Å². The molecule has 2 aliphatic rings. The summed E-state index contributed by atoms with van der Waals surface area (Å²) in [4.78, 5) is 21.2. The third-order valence-electron chi connectivity index (χ3n) is 4.37. The number of hydrogen-bond acceptors (Lipinski definition) is 4. The monoisotopic (exact) mass is 289 g/mol. The second-order valence-electron chi connectivity index (χ2n) is 5.81. The van der Waals surface area contributed by atoms with Gasteiger partial charge in [0.15, 0.2) is 0 Å². The average Bonchev–Trinajstić information content (AvgIpc) is 2.57. The number of nitrogens with zero attached hydrogens (tertiary/aromatic N) is 3. The van der Waals surface area contributed by atoms with E-state index in [2.05, 4.69) is 16.0 Å². The molecule has 1 amide bonds. The van der Waals surface area contributed by atoms with Crippen LogP contribution in [0, 0.1) is 5.92 Å². The number of carbonyl (C=O) groups is 1. The van der Waals surface area contributed by atoms with Crippen LogP contribution >= 0.6 is 0 Å². The summed E-state index contributed by atoms with van der Waals surface area (Å²) in [6, 6.07) is 6.03. The van der Waals surface area contributed by atoms with Gasteiger partial charge in [0.1, 0.15) is 0 Å². The zero-order valence-corrected chi connectivity index (χ0v) is 12.4. The van der Waals surface area contributed by atoms with Gasteiger partial charge in [0.25, 0.3) is 0 Å². The molecule has 0 bridgehead atoms. The molecule has 2 aliphatic heterocycles. The molecule has 5 nitrogen and oxygen atoms in total. The predicted molar refractivity (Wildman–Crippen MR) is 79.6 cm³/mol. The van der Waals surface area contributed by atoms with Crippen LogP contribution in [0.2, 0.25) is 0 Å². The van der Waals surface area contributed by atoms with E-state index in [9.17, 15) is 4.79 Å². The first-order valence-electron chi connectivity index (χ1n) is 7.82. The summed E-state index contributed by atoms with van der Waals surface area (Å²) < 4.78 is 5.31. The zero-order valence-electron chi connectivity index (χ0n) is 12.4. The summed E-state index contributed by atoms with van der Waals surface area (Å²) in [6.07, 6.45) is 3.76. The largest absolute Gasteiger partial charge is 0.378 e. The van der Waals surface area contributed by atoms with E-state index in [0.717, 1.165) is 51.3 Å². The van der Waals surface area contributed by atoms with Gasteiger partial charge in [-0.2, -0.15) is 0 Å². The van der Waals surface area contributed by atoms with Crippen LogP contribution in [0.4, 0.5) is 0 Å². The smallest absolute Gasteiger partial charge is 0.225 e. The number of aromatic nitrogens is 1. The maximum Gasteiger partial charge on any atom is 0.225 e. The molecule has 2 fully saturated rings. The first-order chi connectivity index (χ1) is 10.3. The molecule has 0 spiro atoms. The maximum absolute atomic E-state index is 12.5. The molecule has 0 saturated carbocycles. The molecule has 5 heteroatoms. The van der Waals surface area contributed by atoms with Gasteiger partial charge >= 0.3 is 0 Å². The van der Waals surface area contributed by atoms with Crippen molar-refractivity contribution in [1.82, 2.24) is 14.8 Å². The number of carbonyl (C=O) groups excluding carboxylic acids is 1. The fourth-order valence-electron chi connectivity index (χ4n) is 3.10. The molecule has 2 saturated heterocycles.